The van der Waals surface area contributed by atoms with Crippen LogP contribution in [0.3, 0.4) is 0 Å². The van der Waals surface area contributed by atoms with E-state index in [2.05, 4.69) is 10.2 Å². The highest BCUT2D eigenvalue weighted by Gasteiger charge is 2.49. The largest absolute Gasteiger partial charge is 0.397 e. The Morgan fingerprint density at radius 1 is 1.11 bits per heavy atom. The molecule has 1 heterocycles. The monoisotopic (exact) mass is 532 g/mol. The molecule has 2 aromatic rings. The number of amides is 1. The van der Waals surface area contributed by atoms with Crippen LogP contribution in [0.1, 0.15) is 42.6 Å². The Labute approximate surface area is 216 Å². The Balaban J connectivity index is 1.31. The minimum atomic E-state index is -4.26. The Morgan fingerprint density at radius 2 is 1.78 bits per heavy atom. The van der Waals surface area contributed by atoms with E-state index in [1.165, 1.54) is 13.0 Å². The van der Waals surface area contributed by atoms with E-state index in [1.54, 1.807) is 55.5 Å². The van der Waals surface area contributed by atoms with Gasteiger partial charge in [0.2, 0.25) is 0 Å². The molecule has 4 rings (SSSR count). The van der Waals surface area contributed by atoms with Gasteiger partial charge in [-0.25, -0.2) is 8.42 Å². The smallest absolute Gasteiger partial charge is 0.371 e. The summed E-state index contributed by atoms with van der Waals surface area (Å²) in [4.78, 5) is 15.0. The van der Waals surface area contributed by atoms with Gasteiger partial charge in [0.25, 0.3) is 5.91 Å². The van der Waals surface area contributed by atoms with Crippen molar-refractivity contribution in [2.45, 2.75) is 44.3 Å². The lowest BCUT2D eigenvalue weighted by molar-refractivity contribution is -0.199. The fourth-order valence-electron chi connectivity index (χ4n) is 4.62. The van der Waals surface area contributed by atoms with E-state index in [1.807, 2.05) is 12.1 Å². The molecule has 2 aromatic carbocycles. The first-order chi connectivity index (χ1) is 17.4. The third-order valence-electron chi connectivity index (χ3n) is 7.32. The zero-order valence-electron chi connectivity index (χ0n) is 20.9. The van der Waals surface area contributed by atoms with Gasteiger partial charge >= 0.3 is 6.18 Å². The number of anilines is 1. The first-order valence-electron chi connectivity index (χ1n) is 12.3. The SMILES string of the molecule is CCS(=O)(=O)c1ccc(CNC(=O)c2ccc(N3CCC(C4=CCC(C)(C(F)(F)F)C=C4)C3)cc2)cc1. The van der Waals surface area contributed by atoms with E-state index < -0.39 is 21.4 Å². The second-order valence-electron chi connectivity index (χ2n) is 9.87. The fourth-order valence-corrected chi connectivity index (χ4v) is 5.50. The maximum absolute atomic E-state index is 13.3. The van der Waals surface area contributed by atoms with E-state index in [0.717, 1.165) is 29.8 Å². The van der Waals surface area contributed by atoms with Crippen molar-refractivity contribution < 1.29 is 26.4 Å². The van der Waals surface area contributed by atoms with Crippen LogP contribution < -0.4 is 10.2 Å². The molecular formula is C28H31F3N2O3S. The lowest BCUT2D eigenvalue weighted by Gasteiger charge is -2.31. The van der Waals surface area contributed by atoms with E-state index in [9.17, 15) is 26.4 Å². The fraction of sp³-hybridized carbons (Fsp3) is 0.393. The van der Waals surface area contributed by atoms with Crippen molar-refractivity contribution in [2.75, 3.05) is 23.7 Å². The number of hydrogen-bond donors (Lipinski definition) is 1. The maximum Gasteiger partial charge on any atom is 0.397 e. The zero-order valence-corrected chi connectivity index (χ0v) is 21.7. The minimum absolute atomic E-state index is 0.0352. The molecule has 0 radical (unpaired) electrons. The number of allylic oxidation sites excluding steroid dienone is 3. The molecule has 5 nitrogen and oxygen atoms in total. The number of alkyl halides is 3. The van der Waals surface area contributed by atoms with Gasteiger partial charge in [0.05, 0.1) is 16.1 Å². The number of rotatable bonds is 7. The van der Waals surface area contributed by atoms with Crippen LogP contribution in [0.25, 0.3) is 0 Å². The van der Waals surface area contributed by atoms with Crippen molar-refractivity contribution in [1.29, 1.82) is 0 Å². The molecule has 198 valence electrons. The number of nitrogens with zero attached hydrogens (tertiary/aromatic N) is 1. The molecule has 2 atom stereocenters. The van der Waals surface area contributed by atoms with E-state index >= 15 is 0 Å². The maximum atomic E-state index is 13.3. The second kappa shape index (κ2) is 10.4. The summed E-state index contributed by atoms with van der Waals surface area (Å²) in [5.41, 5.74) is 1.43. The van der Waals surface area contributed by atoms with Crippen molar-refractivity contribution in [2.24, 2.45) is 11.3 Å². The summed E-state index contributed by atoms with van der Waals surface area (Å²) in [6.45, 7) is 4.61. The van der Waals surface area contributed by atoms with Crippen LogP contribution in [0.2, 0.25) is 0 Å². The van der Waals surface area contributed by atoms with E-state index in [4.69, 9.17) is 0 Å². The van der Waals surface area contributed by atoms with Crippen LogP contribution in [-0.2, 0) is 16.4 Å². The van der Waals surface area contributed by atoms with Gasteiger partial charge in [-0.2, -0.15) is 13.2 Å². The van der Waals surface area contributed by atoms with E-state index in [-0.39, 0.29) is 35.4 Å². The first-order valence-corrected chi connectivity index (χ1v) is 14.0. The number of halogens is 3. The highest BCUT2D eigenvalue weighted by molar-refractivity contribution is 7.91. The molecule has 1 aliphatic heterocycles. The van der Waals surface area contributed by atoms with Crippen molar-refractivity contribution in [1.82, 2.24) is 5.32 Å². The molecule has 2 aliphatic rings. The Morgan fingerprint density at radius 3 is 2.35 bits per heavy atom. The van der Waals surface area contributed by atoms with Crippen molar-refractivity contribution in [3.8, 4) is 0 Å². The quantitative estimate of drug-likeness (QED) is 0.498. The minimum Gasteiger partial charge on any atom is -0.371 e. The van der Waals surface area contributed by atoms with Crippen LogP contribution in [0, 0.1) is 11.3 Å². The van der Waals surface area contributed by atoms with Crippen LogP contribution in [0.5, 0.6) is 0 Å². The summed E-state index contributed by atoms with van der Waals surface area (Å²) in [5, 5.41) is 2.85. The van der Waals surface area contributed by atoms with Gasteiger partial charge in [0.1, 0.15) is 0 Å². The second-order valence-corrected chi connectivity index (χ2v) is 12.1. The Hall–Kier alpha value is -3.07. The summed E-state index contributed by atoms with van der Waals surface area (Å²) >= 11 is 0. The normalized spacial score (nSPS) is 22.1. The van der Waals surface area contributed by atoms with Crippen LogP contribution in [-0.4, -0.2) is 39.3 Å². The molecule has 1 aliphatic carbocycles. The van der Waals surface area contributed by atoms with Gasteiger partial charge in [-0.15, -0.1) is 0 Å². The Bertz CT molecular complexity index is 1300. The molecule has 1 N–H and O–H groups in total. The number of nitrogens with one attached hydrogen (secondary N) is 1. The van der Waals surface area contributed by atoms with Gasteiger partial charge in [-0.1, -0.05) is 37.3 Å². The predicted molar refractivity (Wildman–Crippen MR) is 138 cm³/mol. The summed E-state index contributed by atoms with van der Waals surface area (Å²) in [7, 11) is -3.26. The van der Waals surface area contributed by atoms with Crippen LogP contribution in [0.15, 0.2) is 77.2 Å². The van der Waals surface area contributed by atoms with Crippen LogP contribution >= 0.6 is 0 Å². The third-order valence-corrected chi connectivity index (χ3v) is 9.07. The molecule has 1 fully saturated rings. The number of carbonyl (C=O) groups is 1. The molecule has 0 saturated carbocycles. The van der Waals surface area contributed by atoms with Crippen molar-refractivity contribution in [3.05, 3.63) is 83.5 Å². The highest BCUT2D eigenvalue weighted by Crippen LogP contribution is 2.45. The Kier molecular flexibility index (Phi) is 7.55. The van der Waals surface area contributed by atoms with Gasteiger partial charge in [-0.05, 0) is 67.3 Å². The molecule has 9 heteroatoms. The average molecular weight is 533 g/mol. The standard InChI is InChI=1S/C28H31F3N2O3S/c1-3-37(35,36)25-10-4-20(5-11-25)18-32-26(34)22-6-8-24(9-7-22)33-17-14-23(19-33)21-12-15-27(2,16-13-21)28(29,30)31/h4-13,15,23H,3,14,16-19H2,1-2H3,(H,32,34). The number of benzene rings is 2. The number of sulfone groups is 1. The van der Waals surface area contributed by atoms with Gasteiger partial charge in [0.15, 0.2) is 9.84 Å². The summed E-state index contributed by atoms with van der Waals surface area (Å²) in [6.07, 6.45) is 1.22. The lowest BCUT2D eigenvalue weighted by Crippen LogP contribution is -2.34. The third kappa shape index (κ3) is 5.92. The number of carbonyl (C=O) groups excluding carboxylic acids is 1. The first kappa shape index (κ1) is 27.0. The van der Waals surface area contributed by atoms with Gasteiger partial charge in [-0.3, -0.25) is 4.79 Å². The molecule has 1 saturated heterocycles. The topological polar surface area (TPSA) is 66.5 Å². The average Bonchev–Trinajstić information content (AvgIpc) is 3.38. The molecular weight excluding hydrogens is 501 g/mol. The molecule has 37 heavy (non-hydrogen) atoms. The van der Waals surface area contributed by atoms with Crippen molar-refractivity contribution in [3.63, 3.8) is 0 Å². The summed E-state index contributed by atoms with van der Waals surface area (Å²) in [5.74, 6) is -0.0231. The predicted octanol–water partition coefficient (Wildman–Crippen LogP) is 5.69. The molecule has 0 aromatic heterocycles. The van der Waals surface area contributed by atoms with E-state index in [0.29, 0.717) is 12.1 Å². The van der Waals surface area contributed by atoms with Crippen molar-refractivity contribution >= 4 is 21.4 Å². The molecule has 0 spiro atoms. The van der Waals surface area contributed by atoms with Gasteiger partial charge < -0.3 is 10.2 Å². The van der Waals surface area contributed by atoms with Crippen LogP contribution in [0.4, 0.5) is 18.9 Å². The molecule has 1 amide bonds. The zero-order chi connectivity index (χ0) is 26.8. The lowest BCUT2D eigenvalue weighted by atomic mass is 9.79. The number of hydrogen-bond acceptors (Lipinski definition) is 4. The summed E-state index contributed by atoms with van der Waals surface area (Å²) < 4.78 is 63.6. The molecule has 0 bridgehead atoms. The molecule has 2 unspecified atom stereocenters. The highest BCUT2D eigenvalue weighted by atomic mass is 32.2. The van der Waals surface area contributed by atoms with Gasteiger partial charge in [0, 0.05) is 36.8 Å². The summed E-state index contributed by atoms with van der Waals surface area (Å²) in [6, 6.07) is 13.7.